The molecule has 2 N–H and O–H groups in total. The monoisotopic (exact) mass is 377 g/mol. The number of carbonyl (C=O) groups excluding carboxylic acids is 1. The Morgan fingerprint density at radius 3 is 2.71 bits per heavy atom. The van der Waals surface area contributed by atoms with E-state index in [0.29, 0.717) is 5.92 Å². The van der Waals surface area contributed by atoms with Crippen LogP contribution in [0.2, 0.25) is 0 Å². The van der Waals surface area contributed by atoms with E-state index in [9.17, 15) is 4.79 Å². The summed E-state index contributed by atoms with van der Waals surface area (Å²) in [7, 11) is 0. The summed E-state index contributed by atoms with van der Waals surface area (Å²) in [5.41, 5.74) is 3.79. The second-order valence-electron chi connectivity index (χ2n) is 8.18. The fraction of sp³-hybridized carbons (Fsp3) is 0.500. The number of benzene rings is 1. The van der Waals surface area contributed by atoms with Crippen LogP contribution in [-0.4, -0.2) is 37.5 Å². The van der Waals surface area contributed by atoms with Crippen LogP contribution in [0.1, 0.15) is 85.2 Å². The maximum Gasteiger partial charge on any atom is 0.257 e. The van der Waals surface area contributed by atoms with Crippen molar-refractivity contribution in [2.24, 2.45) is 0 Å². The molecule has 1 unspecified atom stereocenters. The lowest BCUT2D eigenvalue weighted by atomic mass is 9.85. The molecular formula is C22H27N5O. The number of H-pyrrole nitrogens is 2. The quantitative estimate of drug-likeness (QED) is 0.694. The lowest BCUT2D eigenvalue weighted by molar-refractivity contribution is 0.0599. The zero-order valence-electron chi connectivity index (χ0n) is 16.2. The van der Waals surface area contributed by atoms with Crippen molar-refractivity contribution in [1.82, 2.24) is 25.1 Å². The maximum absolute atomic E-state index is 13.5. The Morgan fingerprint density at radius 2 is 1.86 bits per heavy atom. The van der Waals surface area contributed by atoms with Crippen LogP contribution in [0.4, 0.5) is 0 Å². The van der Waals surface area contributed by atoms with Crippen molar-refractivity contribution in [1.29, 1.82) is 0 Å². The minimum Gasteiger partial charge on any atom is -0.340 e. The van der Waals surface area contributed by atoms with Crippen molar-refractivity contribution in [3.63, 3.8) is 0 Å². The van der Waals surface area contributed by atoms with E-state index >= 15 is 0 Å². The number of likely N-dealkylation sites (tertiary alicyclic amines) is 1. The summed E-state index contributed by atoms with van der Waals surface area (Å²) in [4.78, 5) is 23.8. The predicted molar refractivity (Wildman–Crippen MR) is 108 cm³/mol. The lowest BCUT2D eigenvalue weighted by Gasteiger charge is -2.35. The number of aromatic nitrogens is 4. The number of nitrogens with one attached hydrogen (secondary N) is 2. The molecule has 28 heavy (non-hydrogen) atoms. The molecule has 6 heteroatoms. The third-order valence-corrected chi connectivity index (χ3v) is 6.40. The summed E-state index contributed by atoms with van der Waals surface area (Å²) < 4.78 is 0. The van der Waals surface area contributed by atoms with Crippen molar-refractivity contribution in [3.8, 4) is 0 Å². The standard InChI is InChI=1S/C22H27N5O/c28-22(16-14-23-26-20(16)15-8-2-1-3-9-15)27-13-7-6-12-19(27)21-24-17-10-4-5-11-18(17)25-21/h4-5,10-11,14-15,19H,1-3,6-9,12-13H2,(H,23,26)(H,24,25). The minimum atomic E-state index is 0.00255. The molecule has 1 aliphatic carbocycles. The molecule has 146 valence electrons. The fourth-order valence-electron chi connectivity index (χ4n) is 4.91. The summed E-state index contributed by atoms with van der Waals surface area (Å²) >= 11 is 0. The van der Waals surface area contributed by atoms with Gasteiger partial charge in [-0.2, -0.15) is 5.10 Å². The molecule has 0 radical (unpaired) electrons. The van der Waals surface area contributed by atoms with Crippen LogP contribution in [0.3, 0.4) is 0 Å². The summed E-state index contributed by atoms with van der Waals surface area (Å²) in [6.07, 6.45) is 10.9. The zero-order valence-corrected chi connectivity index (χ0v) is 16.2. The number of piperidine rings is 1. The van der Waals surface area contributed by atoms with Crippen molar-refractivity contribution in [3.05, 3.63) is 47.5 Å². The SMILES string of the molecule is O=C(c1cn[nH]c1C1CCCCC1)N1CCCCC1c1nc2ccccc2[nH]1. The average molecular weight is 377 g/mol. The van der Waals surface area contributed by atoms with Gasteiger partial charge in [-0.3, -0.25) is 9.89 Å². The Labute approximate surface area is 164 Å². The number of nitrogens with zero attached hydrogens (tertiary/aromatic N) is 3. The molecule has 1 saturated heterocycles. The Morgan fingerprint density at radius 1 is 1.04 bits per heavy atom. The Bertz CT molecular complexity index is 935. The number of amides is 1. The van der Waals surface area contributed by atoms with Crippen LogP contribution in [0, 0.1) is 0 Å². The van der Waals surface area contributed by atoms with Crippen LogP contribution in [0.5, 0.6) is 0 Å². The lowest BCUT2D eigenvalue weighted by Crippen LogP contribution is -2.39. The number of carbonyl (C=O) groups is 1. The summed E-state index contributed by atoms with van der Waals surface area (Å²) in [6, 6.07) is 8.07. The van der Waals surface area contributed by atoms with E-state index < -0.39 is 0 Å². The van der Waals surface area contributed by atoms with Crippen molar-refractivity contribution >= 4 is 16.9 Å². The van der Waals surface area contributed by atoms with Crippen LogP contribution in [0.25, 0.3) is 11.0 Å². The number of hydrogen-bond acceptors (Lipinski definition) is 3. The Kier molecular flexibility index (Phi) is 4.63. The normalized spacial score (nSPS) is 21.3. The highest BCUT2D eigenvalue weighted by Gasteiger charge is 2.33. The molecule has 2 aliphatic rings. The van der Waals surface area contributed by atoms with E-state index in [1.807, 2.05) is 29.2 Å². The van der Waals surface area contributed by atoms with Gasteiger partial charge < -0.3 is 9.88 Å². The molecule has 1 aromatic carbocycles. The third-order valence-electron chi connectivity index (χ3n) is 6.40. The molecule has 3 aromatic rings. The number of hydrogen-bond donors (Lipinski definition) is 2. The van der Waals surface area contributed by atoms with Gasteiger partial charge in [0.2, 0.25) is 0 Å². The largest absolute Gasteiger partial charge is 0.340 e. The molecule has 0 spiro atoms. The first-order valence-electron chi connectivity index (χ1n) is 10.6. The van der Waals surface area contributed by atoms with Crippen LogP contribution >= 0.6 is 0 Å². The number of imidazole rings is 1. The molecule has 3 heterocycles. The van der Waals surface area contributed by atoms with Gasteiger partial charge in [-0.05, 0) is 44.2 Å². The van der Waals surface area contributed by atoms with Crippen LogP contribution < -0.4 is 0 Å². The van der Waals surface area contributed by atoms with E-state index in [1.54, 1.807) is 6.20 Å². The van der Waals surface area contributed by atoms with Crippen molar-refractivity contribution in [2.45, 2.75) is 63.3 Å². The number of fused-ring (bicyclic) bond motifs is 1. The second kappa shape index (κ2) is 7.41. The first-order valence-corrected chi connectivity index (χ1v) is 10.6. The van der Waals surface area contributed by atoms with Gasteiger partial charge in [0.15, 0.2) is 0 Å². The average Bonchev–Trinajstić information content (AvgIpc) is 3.41. The van der Waals surface area contributed by atoms with Gasteiger partial charge in [0, 0.05) is 12.5 Å². The number of rotatable bonds is 3. The van der Waals surface area contributed by atoms with E-state index in [1.165, 1.54) is 19.3 Å². The zero-order chi connectivity index (χ0) is 18.9. The Balaban J connectivity index is 1.45. The molecule has 1 amide bonds. The second-order valence-corrected chi connectivity index (χ2v) is 8.18. The van der Waals surface area contributed by atoms with Gasteiger partial charge in [-0.15, -0.1) is 0 Å². The molecule has 5 rings (SSSR count). The smallest absolute Gasteiger partial charge is 0.257 e. The Hall–Kier alpha value is -2.63. The highest BCUT2D eigenvalue weighted by molar-refractivity contribution is 5.95. The maximum atomic E-state index is 13.5. The summed E-state index contributed by atoms with van der Waals surface area (Å²) in [5, 5.41) is 7.40. The molecule has 2 aromatic heterocycles. The third kappa shape index (κ3) is 3.11. The fourth-order valence-corrected chi connectivity index (χ4v) is 4.91. The molecule has 1 saturated carbocycles. The van der Waals surface area contributed by atoms with Crippen molar-refractivity contribution < 1.29 is 4.79 Å². The van der Waals surface area contributed by atoms with E-state index in [-0.39, 0.29) is 11.9 Å². The van der Waals surface area contributed by atoms with Crippen LogP contribution in [0.15, 0.2) is 30.5 Å². The van der Waals surface area contributed by atoms with E-state index in [0.717, 1.165) is 66.8 Å². The van der Waals surface area contributed by atoms with Gasteiger partial charge in [0.1, 0.15) is 5.82 Å². The van der Waals surface area contributed by atoms with E-state index in [4.69, 9.17) is 4.98 Å². The molecule has 0 bridgehead atoms. The highest BCUT2D eigenvalue weighted by Crippen LogP contribution is 2.36. The number of aromatic amines is 2. The first-order chi connectivity index (χ1) is 13.8. The van der Waals surface area contributed by atoms with E-state index in [2.05, 4.69) is 15.2 Å². The summed E-state index contributed by atoms with van der Waals surface area (Å²) in [6.45, 7) is 0.774. The minimum absolute atomic E-state index is 0.00255. The molecule has 1 atom stereocenters. The van der Waals surface area contributed by atoms with Gasteiger partial charge >= 0.3 is 0 Å². The van der Waals surface area contributed by atoms with Crippen LogP contribution in [-0.2, 0) is 0 Å². The highest BCUT2D eigenvalue weighted by atomic mass is 16.2. The predicted octanol–water partition coefficient (Wildman–Crippen LogP) is 4.70. The molecular weight excluding hydrogens is 350 g/mol. The summed E-state index contributed by atoms with van der Waals surface area (Å²) in [5.74, 6) is 1.43. The number of para-hydroxylation sites is 2. The van der Waals surface area contributed by atoms with Gasteiger partial charge in [0.05, 0.1) is 34.5 Å². The topological polar surface area (TPSA) is 77.7 Å². The van der Waals surface area contributed by atoms with Gasteiger partial charge in [-0.1, -0.05) is 31.4 Å². The molecule has 6 nitrogen and oxygen atoms in total. The molecule has 2 fully saturated rings. The first kappa shape index (κ1) is 17.5. The molecule has 1 aliphatic heterocycles. The van der Waals surface area contributed by atoms with Crippen molar-refractivity contribution in [2.75, 3.05) is 6.54 Å². The van der Waals surface area contributed by atoms with Gasteiger partial charge in [0.25, 0.3) is 5.91 Å². The van der Waals surface area contributed by atoms with Gasteiger partial charge in [-0.25, -0.2) is 4.98 Å².